The predicted molar refractivity (Wildman–Crippen MR) is 141 cm³/mol. The molecule has 0 radical (unpaired) electrons. The monoisotopic (exact) mass is 597 g/mol. The summed E-state index contributed by atoms with van der Waals surface area (Å²) in [6, 6.07) is 14.0. The van der Waals surface area contributed by atoms with E-state index in [9.17, 15) is 37.0 Å². The van der Waals surface area contributed by atoms with Crippen LogP contribution in [0.2, 0.25) is 0 Å². The van der Waals surface area contributed by atoms with Gasteiger partial charge in [0.15, 0.2) is 29.6 Å². The van der Waals surface area contributed by atoms with Gasteiger partial charge in [-0.1, -0.05) is 55.5 Å². The third-order valence-electron chi connectivity index (χ3n) is 6.78. The van der Waals surface area contributed by atoms with E-state index in [2.05, 4.69) is 5.32 Å². The second-order valence-electron chi connectivity index (χ2n) is 9.49. The van der Waals surface area contributed by atoms with Crippen LogP contribution in [0.3, 0.4) is 0 Å². The molecule has 0 bridgehead atoms. The molecule has 1 amide bonds. The highest BCUT2D eigenvalue weighted by Gasteiger charge is 2.38. The van der Waals surface area contributed by atoms with E-state index in [1.165, 1.54) is 0 Å². The molecule has 41 heavy (non-hydrogen) atoms. The van der Waals surface area contributed by atoms with Crippen LogP contribution in [-0.4, -0.2) is 40.3 Å². The smallest absolute Gasteiger partial charge is 0.257 e. The Hall–Kier alpha value is -3.03. The van der Waals surface area contributed by atoms with E-state index in [1.54, 1.807) is 36.0 Å². The van der Waals surface area contributed by atoms with Crippen molar-refractivity contribution >= 4 is 17.7 Å². The Kier molecular flexibility index (Phi) is 10.4. The molecule has 4 rings (SSSR count). The summed E-state index contributed by atoms with van der Waals surface area (Å²) in [6.45, 7) is 1.73. The molecule has 0 aliphatic carbocycles. The Bertz CT molecular complexity index is 1330. The Morgan fingerprint density at radius 2 is 1.39 bits per heavy atom. The topological polar surface area (TPSA) is 88.0 Å². The molecule has 6 nitrogen and oxygen atoms in total. The van der Waals surface area contributed by atoms with E-state index in [1.807, 2.05) is 31.2 Å². The normalized spacial score (nSPS) is 20.7. The molecule has 0 aromatic heterocycles. The molecule has 3 aromatic rings. The number of aliphatic hydroxyl groups excluding tert-OH is 2. The van der Waals surface area contributed by atoms with Crippen molar-refractivity contribution in [2.45, 2.75) is 38.6 Å². The van der Waals surface area contributed by atoms with Gasteiger partial charge in [0.05, 0.1) is 25.4 Å². The summed E-state index contributed by atoms with van der Waals surface area (Å²) in [5.74, 6) is -11.5. The first-order valence-electron chi connectivity index (χ1n) is 12.7. The molecule has 3 N–H and O–H groups in total. The number of ether oxygens (including phenoxy) is 2. The largest absolute Gasteiger partial charge is 0.396 e. The van der Waals surface area contributed by atoms with Gasteiger partial charge < -0.3 is 25.0 Å². The fourth-order valence-corrected chi connectivity index (χ4v) is 5.35. The van der Waals surface area contributed by atoms with Crippen molar-refractivity contribution in [3.05, 3.63) is 105 Å². The third-order valence-corrected chi connectivity index (χ3v) is 7.82. The molecule has 12 heteroatoms. The Labute approximate surface area is 237 Å². The number of hydrogen-bond donors (Lipinski definition) is 3. The SMILES string of the molecule is C[C@H]1[C@@H](CSCCO)O[C@@H](c2ccc(CNC(=O)c3c(F)c(F)c(F)c(F)c3F)cc2)O[C@H]1c1ccc(CO)cc1. The lowest BCUT2D eigenvalue weighted by atomic mass is 9.91. The number of nitrogens with one attached hydrogen (secondary N) is 1. The van der Waals surface area contributed by atoms with Gasteiger partial charge in [0, 0.05) is 29.5 Å². The molecule has 1 aliphatic rings. The molecule has 220 valence electrons. The van der Waals surface area contributed by atoms with Gasteiger partial charge in [0.1, 0.15) is 5.56 Å². The van der Waals surface area contributed by atoms with Crippen LogP contribution in [-0.2, 0) is 22.6 Å². The van der Waals surface area contributed by atoms with Gasteiger partial charge in [-0.15, -0.1) is 0 Å². The Morgan fingerprint density at radius 1 is 0.829 bits per heavy atom. The highest BCUT2D eigenvalue weighted by molar-refractivity contribution is 7.99. The molecule has 4 atom stereocenters. The van der Waals surface area contributed by atoms with Crippen molar-refractivity contribution in [1.29, 1.82) is 0 Å². The molecular weight excluding hydrogens is 569 g/mol. The zero-order valence-electron chi connectivity index (χ0n) is 21.9. The van der Waals surface area contributed by atoms with E-state index < -0.39 is 46.8 Å². The lowest BCUT2D eigenvalue weighted by Crippen LogP contribution is -2.38. The van der Waals surface area contributed by atoms with Crippen LogP contribution in [0.5, 0.6) is 0 Å². The van der Waals surface area contributed by atoms with Crippen LogP contribution >= 0.6 is 11.8 Å². The summed E-state index contributed by atoms with van der Waals surface area (Å²) in [4.78, 5) is 12.3. The third kappa shape index (κ3) is 6.90. The highest BCUT2D eigenvalue weighted by atomic mass is 32.2. The van der Waals surface area contributed by atoms with Crippen LogP contribution in [0.15, 0.2) is 48.5 Å². The van der Waals surface area contributed by atoms with E-state index in [-0.39, 0.29) is 37.9 Å². The molecular formula is C29H28F5NO5S. The number of aliphatic hydroxyl groups is 2. The molecule has 1 saturated heterocycles. The van der Waals surface area contributed by atoms with E-state index in [0.717, 1.165) is 11.1 Å². The average Bonchev–Trinajstić information content (AvgIpc) is 2.99. The Morgan fingerprint density at radius 3 is 1.98 bits per heavy atom. The number of rotatable bonds is 10. The molecule has 1 heterocycles. The van der Waals surface area contributed by atoms with Crippen LogP contribution in [0.1, 0.15) is 51.9 Å². The number of hydrogen-bond acceptors (Lipinski definition) is 6. The maximum Gasteiger partial charge on any atom is 0.257 e. The van der Waals surface area contributed by atoms with Crippen molar-refractivity contribution in [3.8, 4) is 0 Å². The fraction of sp³-hybridized carbons (Fsp3) is 0.345. The summed E-state index contributed by atoms with van der Waals surface area (Å²) in [7, 11) is 0. The quantitative estimate of drug-likeness (QED) is 0.127. The van der Waals surface area contributed by atoms with Gasteiger partial charge in [0.25, 0.3) is 5.91 Å². The lowest BCUT2D eigenvalue weighted by molar-refractivity contribution is -0.268. The van der Waals surface area contributed by atoms with Gasteiger partial charge in [-0.25, -0.2) is 22.0 Å². The standard InChI is InChI=1S/C29H28F5NO5S/c1-15-20(14-41-11-10-36)39-29(40-27(15)18-6-4-17(13-37)5-7-18)19-8-2-16(3-9-19)12-35-28(38)21-22(30)24(32)26(34)25(33)23(21)31/h2-9,15,20,27,29,36-37H,10-14H2,1H3,(H,35,38)/t15-,20+,27+,29+/m0/s1. The minimum Gasteiger partial charge on any atom is -0.396 e. The molecule has 1 fully saturated rings. The maximum absolute atomic E-state index is 14.0. The summed E-state index contributed by atoms with van der Waals surface area (Å²) in [6.07, 6.45) is -1.31. The van der Waals surface area contributed by atoms with Crippen molar-refractivity contribution in [2.24, 2.45) is 5.92 Å². The first kappa shape index (κ1) is 30.9. The molecule has 0 saturated carbocycles. The van der Waals surface area contributed by atoms with Gasteiger partial charge in [-0.05, 0) is 16.7 Å². The Balaban J connectivity index is 1.48. The molecule has 3 aromatic carbocycles. The number of carbonyl (C=O) groups excluding carboxylic acids is 1. The average molecular weight is 598 g/mol. The minimum atomic E-state index is -2.34. The first-order chi connectivity index (χ1) is 19.7. The maximum atomic E-state index is 14.0. The molecule has 0 spiro atoms. The van der Waals surface area contributed by atoms with Crippen LogP contribution in [0.25, 0.3) is 0 Å². The predicted octanol–water partition coefficient (Wildman–Crippen LogP) is 5.32. The second-order valence-corrected chi connectivity index (χ2v) is 10.6. The first-order valence-corrected chi connectivity index (χ1v) is 13.9. The van der Waals surface area contributed by atoms with Gasteiger partial charge in [-0.2, -0.15) is 11.8 Å². The van der Waals surface area contributed by atoms with Crippen molar-refractivity contribution in [3.63, 3.8) is 0 Å². The van der Waals surface area contributed by atoms with E-state index >= 15 is 0 Å². The second kappa shape index (κ2) is 13.8. The highest BCUT2D eigenvalue weighted by Crippen LogP contribution is 2.42. The minimum absolute atomic E-state index is 0.0335. The summed E-state index contributed by atoms with van der Waals surface area (Å²) < 4.78 is 80.7. The van der Waals surface area contributed by atoms with Crippen LogP contribution in [0, 0.1) is 35.0 Å². The number of thioether (sulfide) groups is 1. The summed E-state index contributed by atoms with van der Waals surface area (Å²) >= 11 is 1.55. The van der Waals surface area contributed by atoms with Gasteiger partial charge >= 0.3 is 0 Å². The zero-order chi connectivity index (χ0) is 29.7. The molecule has 0 unspecified atom stereocenters. The number of halogens is 5. The molecule has 1 aliphatic heterocycles. The van der Waals surface area contributed by atoms with Crippen molar-refractivity contribution in [1.82, 2.24) is 5.32 Å². The fourth-order valence-electron chi connectivity index (χ4n) is 4.44. The number of carbonyl (C=O) groups is 1. The summed E-state index contributed by atoms with van der Waals surface area (Å²) in [5, 5.41) is 20.7. The van der Waals surface area contributed by atoms with Gasteiger partial charge in [0.2, 0.25) is 5.82 Å². The summed E-state index contributed by atoms with van der Waals surface area (Å²) in [5.41, 5.74) is 1.26. The van der Waals surface area contributed by atoms with Crippen LogP contribution < -0.4 is 5.32 Å². The van der Waals surface area contributed by atoms with E-state index in [4.69, 9.17) is 9.47 Å². The van der Waals surface area contributed by atoms with Crippen molar-refractivity contribution in [2.75, 3.05) is 18.1 Å². The lowest BCUT2D eigenvalue weighted by Gasteiger charge is -2.41. The van der Waals surface area contributed by atoms with Crippen molar-refractivity contribution < 1.29 is 46.4 Å². The number of benzene rings is 3. The van der Waals surface area contributed by atoms with E-state index in [0.29, 0.717) is 22.6 Å². The number of amides is 1. The zero-order valence-corrected chi connectivity index (χ0v) is 22.7. The van der Waals surface area contributed by atoms with Gasteiger partial charge in [-0.3, -0.25) is 4.79 Å². The van der Waals surface area contributed by atoms with Crippen LogP contribution in [0.4, 0.5) is 22.0 Å².